The zero-order chi connectivity index (χ0) is 26.9. The number of carbonyl (C=O) groups excluding carboxylic acids is 1. The molecule has 0 spiro atoms. The Bertz CT molecular complexity index is 1780. The Morgan fingerprint density at radius 2 is 2.08 bits per heavy atom. The van der Waals surface area contributed by atoms with E-state index in [9.17, 15) is 4.79 Å². The number of benzene rings is 1. The molecule has 5 aromatic rings. The van der Waals surface area contributed by atoms with Gasteiger partial charge in [-0.15, -0.1) is 0 Å². The van der Waals surface area contributed by atoms with Crippen LogP contribution in [-0.4, -0.2) is 58.4 Å². The first-order valence-electron chi connectivity index (χ1n) is 12.1. The zero-order valence-corrected chi connectivity index (χ0v) is 20.9. The molecular formula is C27H22FN9O2. The number of nitrogens with one attached hydrogen (secondary N) is 1. The van der Waals surface area contributed by atoms with E-state index in [0.717, 1.165) is 5.57 Å². The van der Waals surface area contributed by atoms with Crippen LogP contribution in [0.4, 0.5) is 15.9 Å². The van der Waals surface area contributed by atoms with Gasteiger partial charge in [0.05, 0.1) is 11.9 Å². The SMILES string of the molecule is C=CC(=O)N1CC=C(c2ncc3ncnc(Nc4ccc(Oc5ccn6ncnc6c5)c(C)c4F)c3n2)CC1. The highest BCUT2D eigenvalue weighted by Gasteiger charge is 2.19. The molecular weight excluding hydrogens is 501 g/mol. The van der Waals surface area contributed by atoms with Crippen molar-refractivity contribution in [2.24, 2.45) is 0 Å². The maximum atomic E-state index is 15.5. The summed E-state index contributed by atoms with van der Waals surface area (Å²) < 4.78 is 23.0. The summed E-state index contributed by atoms with van der Waals surface area (Å²) in [6.07, 6.45) is 9.97. The van der Waals surface area contributed by atoms with Gasteiger partial charge in [0.1, 0.15) is 35.2 Å². The molecule has 0 radical (unpaired) electrons. The van der Waals surface area contributed by atoms with Crippen LogP contribution in [0.25, 0.3) is 22.3 Å². The Hall–Kier alpha value is -5.26. The second-order valence-corrected chi connectivity index (χ2v) is 8.82. The molecule has 1 aliphatic heterocycles. The maximum Gasteiger partial charge on any atom is 0.246 e. The molecule has 1 amide bonds. The number of aromatic nitrogens is 7. The van der Waals surface area contributed by atoms with E-state index in [1.807, 2.05) is 6.08 Å². The molecule has 0 fully saturated rings. The molecule has 1 aliphatic rings. The Labute approximate surface area is 221 Å². The molecule has 0 saturated carbocycles. The average molecular weight is 524 g/mol. The van der Waals surface area contributed by atoms with Crippen LogP contribution in [0.3, 0.4) is 0 Å². The third kappa shape index (κ3) is 4.63. The van der Waals surface area contributed by atoms with Crippen molar-refractivity contribution in [3.05, 3.63) is 85.2 Å². The van der Waals surface area contributed by atoms with Crippen molar-refractivity contribution in [3.8, 4) is 11.5 Å². The lowest BCUT2D eigenvalue weighted by Gasteiger charge is -2.24. The van der Waals surface area contributed by atoms with E-state index >= 15 is 4.39 Å². The monoisotopic (exact) mass is 523 g/mol. The smallest absolute Gasteiger partial charge is 0.246 e. The van der Waals surface area contributed by atoms with Crippen molar-refractivity contribution in [1.29, 1.82) is 0 Å². The minimum Gasteiger partial charge on any atom is -0.457 e. The summed E-state index contributed by atoms with van der Waals surface area (Å²) in [4.78, 5) is 35.4. The van der Waals surface area contributed by atoms with Gasteiger partial charge in [0.2, 0.25) is 5.91 Å². The van der Waals surface area contributed by atoms with Crippen molar-refractivity contribution in [3.63, 3.8) is 0 Å². The Morgan fingerprint density at radius 3 is 2.90 bits per heavy atom. The van der Waals surface area contributed by atoms with E-state index in [1.54, 1.807) is 53.0 Å². The molecule has 6 rings (SSSR count). The van der Waals surface area contributed by atoms with Crippen molar-refractivity contribution >= 4 is 39.7 Å². The molecule has 39 heavy (non-hydrogen) atoms. The van der Waals surface area contributed by atoms with E-state index in [4.69, 9.17) is 4.74 Å². The van der Waals surface area contributed by atoms with Gasteiger partial charge in [0, 0.05) is 30.9 Å². The van der Waals surface area contributed by atoms with Crippen molar-refractivity contribution in [1.82, 2.24) is 39.4 Å². The molecule has 0 saturated heterocycles. The number of hydrogen-bond donors (Lipinski definition) is 1. The standard InChI is InChI=1S/C27H22FN9O2/c1-3-23(38)36-9-6-17(7-10-36)26-29-13-20-25(35-26)27(32-14-30-20)34-19-4-5-21(16(2)24(19)28)39-18-8-11-37-22(12-18)31-15-33-37/h3-6,8,11-15H,1,7,9-10H2,2H3,(H,30,32,34). The highest BCUT2D eigenvalue weighted by molar-refractivity contribution is 5.89. The van der Waals surface area contributed by atoms with Crippen LogP contribution in [0.5, 0.6) is 11.5 Å². The van der Waals surface area contributed by atoms with Gasteiger partial charge in [-0.2, -0.15) is 5.10 Å². The number of rotatable bonds is 6. The van der Waals surface area contributed by atoms with Gasteiger partial charge in [-0.25, -0.2) is 33.8 Å². The summed E-state index contributed by atoms with van der Waals surface area (Å²) in [5, 5.41) is 7.11. The summed E-state index contributed by atoms with van der Waals surface area (Å²) in [7, 11) is 0. The number of pyridine rings is 1. The molecule has 1 aromatic carbocycles. The second-order valence-electron chi connectivity index (χ2n) is 8.82. The summed E-state index contributed by atoms with van der Waals surface area (Å²) in [5.74, 6) is 1.13. The summed E-state index contributed by atoms with van der Waals surface area (Å²) in [6.45, 7) is 6.17. The van der Waals surface area contributed by atoms with Crippen molar-refractivity contribution < 1.29 is 13.9 Å². The second kappa shape index (κ2) is 9.89. The Morgan fingerprint density at radius 1 is 1.18 bits per heavy atom. The molecule has 5 heterocycles. The fraction of sp³-hybridized carbons (Fsp3) is 0.148. The lowest BCUT2D eigenvalue weighted by Crippen LogP contribution is -2.33. The highest BCUT2D eigenvalue weighted by Crippen LogP contribution is 2.33. The maximum absolute atomic E-state index is 15.5. The topological polar surface area (TPSA) is 123 Å². The van der Waals surface area contributed by atoms with Crippen LogP contribution in [0.2, 0.25) is 0 Å². The Kier molecular flexibility index (Phi) is 6.11. The lowest BCUT2D eigenvalue weighted by atomic mass is 10.1. The summed E-state index contributed by atoms with van der Waals surface area (Å²) in [5.41, 5.74) is 3.02. The molecule has 0 bridgehead atoms. The fourth-order valence-electron chi connectivity index (χ4n) is 4.29. The van der Waals surface area contributed by atoms with Gasteiger partial charge >= 0.3 is 0 Å². The van der Waals surface area contributed by atoms with E-state index < -0.39 is 5.82 Å². The molecule has 0 aliphatic carbocycles. The lowest BCUT2D eigenvalue weighted by molar-refractivity contribution is -0.125. The molecule has 12 heteroatoms. The first-order valence-corrected chi connectivity index (χ1v) is 12.1. The van der Waals surface area contributed by atoms with Crippen LogP contribution in [-0.2, 0) is 4.79 Å². The van der Waals surface area contributed by atoms with Gasteiger partial charge in [-0.3, -0.25) is 4.79 Å². The fourth-order valence-corrected chi connectivity index (χ4v) is 4.29. The van der Waals surface area contributed by atoms with Crippen LogP contribution in [0.1, 0.15) is 17.8 Å². The van der Waals surface area contributed by atoms with Gasteiger partial charge in [0.15, 0.2) is 23.1 Å². The predicted molar refractivity (Wildman–Crippen MR) is 142 cm³/mol. The molecule has 194 valence electrons. The first kappa shape index (κ1) is 24.1. The molecule has 0 atom stereocenters. The predicted octanol–water partition coefficient (Wildman–Crippen LogP) is 4.25. The number of halogens is 1. The number of hydrogen-bond acceptors (Lipinski definition) is 9. The number of carbonyl (C=O) groups is 1. The molecule has 11 nitrogen and oxygen atoms in total. The number of nitrogens with zero attached hydrogens (tertiary/aromatic N) is 8. The molecule has 0 unspecified atom stereocenters. The third-order valence-electron chi connectivity index (χ3n) is 6.43. The van der Waals surface area contributed by atoms with E-state index in [0.29, 0.717) is 64.9 Å². The minimum atomic E-state index is -0.487. The number of anilines is 2. The van der Waals surface area contributed by atoms with E-state index in [1.165, 1.54) is 18.7 Å². The number of fused-ring (bicyclic) bond motifs is 2. The largest absolute Gasteiger partial charge is 0.457 e. The third-order valence-corrected chi connectivity index (χ3v) is 6.43. The van der Waals surface area contributed by atoms with Gasteiger partial charge in [-0.05, 0) is 43.2 Å². The normalized spacial score (nSPS) is 13.4. The number of ether oxygens (including phenoxy) is 1. The van der Waals surface area contributed by atoms with E-state index in [-0.39, 0.29) is 11.6 Å². The summed E-state index contributed by atoms with van der Waals surface area (Å²) >= 11 is 0. The Balaban J connectivity index is 1.27. The minimum absolute atomic E-state index is 0.116. The molecule has 4 aromatic heterocycles. The van der Waals surface area contributed by atoms with Crippen molar-refractivity contribution in [2.75, 3.05) is 18.4 Å². The highest BCUT2D eigenvalue weighted by atomic mass is 19.1. The number of amides is 1. The van der Waals surface area contributed by atoms with Crippen LogP contribution < -0.4 is 10.1 Å². The zero-order valence-electron chi connectivity index (χ0n) is 20.9. The van der Waals surface area contributed by atoms with Crippen LogP contribution >= 0.6 is 0 Å². The van der Waals surface area contributed by atoms with Gasteiger partial charge in [0.25, 0.3) is 0 Å². The average Bonchev–Trinajstić information content (AvgIpc) is 3.44. The van der Waals surface area contributed by atoms with Gasteiger partial charge < -0.3 is 15.0 Å². The van der Waals surface area contributed by atoms with Crippen molar-refractivity contribution in [2.45, 2.75) is 13.3 Å². The summed E-state index contributed by atoms with van der Waals surface area (Å²) in [6, 6.07) is 6.71. The molecule has 1 N–H and O–H groups in total. The van der Waals surface area contributed by atoms with E-state index in [2.05, 4.69) is 41.9 Å². The van der Waals surface area contributed by atoms with Crippen LogP contribution in [0, 0.1) is 12.7 Å². The first-order chi connectivity index (χ1) is 19.0. The van der Waals surface area contributed by atoms with Gasteiger partial charge in [-0.1, -0.05) is 12.7 Å². The van der Waals surface area contributed by atoms with Crippen LogP contribution in [0.15, 0.2) is 68.0 Å². The quantitative estimate of drug-likeness (QED) is 0.325.